The minimum absolute atomic E-state index is 0.188. The van der Waals surface area contributed by atoms with Gasteiger partial charge in [0.2, 0.25) is 0 Å². The Labute approximate surface area is 86.8 Å². The molecule has 0 aromatic rings. The zero-order chi connectivity index (χ0) is 10.6. The van der Waals surface area contributed by atoms with Crippen LogP contribution >= 0.6 is 0 Å². The molecule has 4 unspecified atom stereocenters. The van der Waals surface area contributed by atoms with Crippen LogP contribution in [0.25, 0.3) is 0 Å². The second-order valence-corrected chi connectivity index (χ2v) is 4.16. The van der Waals surface area contributed by atoms with E-state index in [9.17, 15) is 0 Å². The fourth-order valence-corrected chi connectivity index (χ4v) is 1.88. The number of hydrogen-bond acceptors (Lipinski definition) is 2. The zero-order valence-corrected chi connectivity index (χ0v) is 9.15. The normalized spacial score (nSPS) is 38.8. The SMILES string of the molecule is C=C/C=C/CC1OC(C)C(N)CC1C. The molecule has 0 bridgehead atoms. The second kappa shape index (κ2) is 5.32. The van der Waals surface area contributed by atoms with Crippen LogP contribution in [0.2, 0.25) is 0 Å². The van der Waals surface area contributed by atoms with Gasteiger partial charge in [-0.15, -0.1) is 0 Å². The summed E-state index contributed by atoms with van der Waals surface area (Å²) < 4.78 is 5.85. The van der Waals surface area contributed by atoms with Gasteiger partial charge in [-0.1, -0.05) is 31.7 Å². The molecule has 0 aliphatic carbocycles. The van der Waals surface area contributed by atoms with Gasteiger partial charge in [0.25, 0.3) is 0 Å². The van der Waals surface area contributed by atoms with E-state index in [4.69, 9.17) is 10.5 Å². The molecule has 0 amide bonds. The van der Waals surface area contributed by atoms with Crippen LogP contribution in [0.5, 0.6) is 0 Å². The first-order valence-corrected chi connectivity index (χ1v) is 5.33. The number of rotatable bonds is 3. The van der Waals surface area contributed by atoms with Gasteiger partial charge in [-0.2, -0.15) is 0 Å². The highest BCUT2D eigenvalue weighted by atomic mass is 16.5. The van der Waals surface area contributed by atoms with Gasteiger partial charge in [0, 0.05) is 6.04 Å². The summed E-state index contributed by atoms with van der Waals surface area (Å²) >= 11 is 0. The average molecular weight is 195 g/mol. The van der Waals surface area contributed by atoms with E-state index in [0.29, 0.717) is 12.0 Å². The second-order valence-electron chi connectivity index (χ2n) is 4.16. The molecule has 0 spiro atoms. The first kappa shape index (κ1) is 11.5. The van der Waals surface area contributed by atoms with Crippen molar-refractivity contribution in [3.05, 3.63) is 24.8 Å². The fourth-order valence-electron chi connectivity index (χ4n) is 1.88. The van der Waals surface area contributed by atoms with Crippen LogP contribution in [0.3, 0.4) is 0 Å². The molecule has 14 heavy (non-hydrogen) atoms. The van der Waals surface area contributed by atoms with Crippen LogP contribution in [0, 0.1) is 5.92 Å². The van der Waals surface area contributed by atoms with Gasteiger partial charge in [-0.05, 0) is 25.7 Å². The quantitative estimate of drug-likeness (QED) is 0.701. The minimum atomic E-state index is 0.188. The highest BCUT2D eigenvalue weighted by Gasteiger charge is 2.30. The van der Waals surface area contributed by atoms with Crippen molar-refractivity contribution in [2.75, 3.05) is 0 Å². The molecule has 1 aliphatic heterocycles. The molecule has 4 atom stereocenters. The van der Waals surface area contributed by atoms with Crippen molar-refractivity contribution in [3.8, 4) is 0 Å². The molecule has 1 saturated heterocycles. The topological polar surface area (TPSA) is 35.2 Å². The highest BCUT2D eigenvalue weighted by Crippen LogP contribution is 2.26. The first-order valence-electron chi connectivity index (χ1n) is 5.33. The van der Waals surface area contributed by atoms with E-state index in [0.717, 1.165) is 12.8 Å². The highest BCUT2D eigenvalue weighted by molar-refractivity contribution is 4.99. The Morgan fingerprint density at radius 3 is 2.86 bits per heavy atom. The van der Waals surface area contributed by atoms with Crippen molar-refractivity contribution in [3.63, 3.8) is 0 Å². The first-order chi connectivity index (χ1) is 6.65. The lowest BCUT2D eigenvalue weighted by Gasteiger charge is -2.37. The van der Waals surface area contributed by atoms with Crippen LogP contribution in [0.1, 0.15) is 26.7 Å². The molecule has 0 saturated carbocycles. The smallest absolute Gasteiger partial charge is 0.0702 e. The van der Waals surface area contributed by atoms with Crippen molar-refractivity contribution in [1.82, 2.24) is 0 Å². The van der Waals surface area contributed by atoms with Gasteiger partial charge >= 0.3 is 0 Å². The summed E-state index contributed by atoms with van der Waals surface area (Å²) in [5.41, 5.74) is 5.93. The van der Waals surface area contributed by atoms with E-state index in [1.54, 1.807) is 6.08 Å². The molecule has 2 heteroatoms. The van der Waals surface area contributed by atoms with E-state index in [1.807, 2.05) is 6.08 Å². The van der Waals surface area contributed by atoms with Crippen LogP contribution < -0.4 is 5.73 Å². The van der Waals surface area contributed by atoms with Crippen LogP contribution in [-0.4, -0.2) is 18.2 Å². The van der Waals surface area contributed by atoms with Gasteiger partial charge in [-0.25, -0.2) is 0 Å². The molecule has 0 aromatic heterocycles. The Bertz CT molecular complexity index is 212. The molecule has 1 heterocycles. The van der Waals surface area contributed by atoms with Crippen LogP contribution in [-0.2, 0) is 4.74 Å². The van der Waals surface area contributed by atoms with Crippen LogP contribution in [0.4, 0.5) is 0 Å². The van der Waals surface area contributed by atoms with Gasteiger partial charge in [-0.3, -0.25) is 0 Å². The lowest BCUT2D eigenvalue weighted by molar-refractivity contribution is -0.0784. The van der Waals surface area contributed by atoms with Crippen molar-refractivity contribution < 1.29 is 4.74 Å². The van der Waals surface area contributed by atoms with Gasteiger partial charge in [0.1, 0.15) is 0 Å². The number of hydrogen-bond donors (Lipinski definition) is 1. The lowest BCUT2D eigenvalue weighted by atomic mass is 9.89. The maximum absolute atomic E-state index is 5.93. The van der Waals surface area contributed by atoms with Gasteiger partial charge in [0.15, 0.2) is 0 Å². The Kier molecular flexibility index (Phi) is 4.36. The summed E-state index contributed by atoms with van der Waals surface area (Å²) in [4.78, 5) is 0. The summed E-state index contributed by atoms with van der Waals surface area (Å²) in [7, 11) is 0. The standard InChI is InChI=1S/C12H21NO/c1-4-5-6-7-12-9(2)8-11(13)10(3)14-12/h4-6,9-12H,1,7-8,13H2,2-3H3/b6-5+. The van der Waals surface area contributed by atoms with E-state index in [1.165, 1.54) is 0 Å². The summed E-state index contributed by atoms with van der Waals surface area (Å²) in [5.74, 6) is 0.552. The number of ether oxygens (including phenoxy) is 1. The lowest BCUT2D eigenvalue weighted by Crippen LogP contribution is -2.46. The van der Waals surface area contributed by atoms with Crippen molar-refractivity contribution in [1.29, 1.82) is 0 Å². The molecule has 0 aromatic carbocycles. The summed E-state index contributed by atoms with van der Waals surface area (Å²) in [6.07, 6.45) is 8.41. The monoisotopic (exact) mass is 195 g/mol. The van der Waals surface area contributed by atoms with Crippen LogP contribution in [0.15, 0.2) is 24.8 Å². The van der Waals surface area contributed by atoms with Crippen molar-refractivity contribution >= 4 is 0 Å². The third kappa shape index (κ3) is 2.96. The largest absolute Gasteiger partial charge is 0.373 e. The van der Waals surface area contributed by atoms with E-state index in [2.05, 4.69) is 26.5 Å². The Morgan fingerprint density at radius 1 is 1.50 bits per heavy atom. The maximum Gasteiger partial charge on any atom is 0.0702 e. The van der Waals surface area contributed by atoms with Crippen molar-refractivity contribution in [2.24, 2.45) is 11.7 Å². The zero-order valence-electron chi connectivity index (χ0n) is 9.15. The van der Waals surface area contributed by atoms with Gasteiger partial charge < -0.3 is 10.5 Å². The predicted octanol–water partition coefficient (Wildman–Crippen LogP) is 2.26. The molecule has 1 rings (SSSR count). The Morgan fingerprint density at radius 2 is 2.21 bits per heavy atom. The van der Waals surface area contributed by atoms with Crippen molar-refractivity contribution in [2.45, 2.75) is 44.9 Å². The molecule has 2 nitrogen and oxygen atoms in total. The van der Waals surface area contributed by atoms with E-state index in [-0.39, 0.29) is 12.1 Å². The Hall–Kier alpha value is -0.600. The van der Waals surface area contributed by atoms with Gasteiger partial charge in [0.05, 0.1) is 12.2 Å². The predicted molar refractivity (Wildman–Crippen MR) is 60.0 cm³/mol. The third-order valence-electron chi connectivity index (χ3n) is 2.91. The molecule has 0 radical (unpaired) electrons. The molecule has 80 valence electrons. The summed E-state index contributed by atoms with van der Waals surface area (Å²) in [6.45, 7) is 7.90. The fraction of sp³-hybridized carbons (Fsp3) is 0.667. The third-order valence-corrected chi connectivity index (χ3v) is 2.91. The molecule has 1 aliphatic rings. The summed E-state index contributed by atoms with van der Waals surface area (Å²) in [5, 5.41) is 0. The van der Waals surface area contributed by atoms with E-state index >= 15 is 0 Å². The Balaban J connectivity index is 2.44. The molecular formula is C12H21NO. The molecule has 2 N–H and O–H groups in total. The van der Waals surface area contributed by atoms with E-state index < -0.39 is 0 Å². The minimum Gasteiger partial charge on any atom is -0.373 e. The maximum atomic E-state index is 5.93. The number of allylic oxidation sites excluding steroid dienone is 2. The molecular weight excluding hydrogens is 174 g/mol. The summed E-state index contributed by atoms with van der Waals surface area (Å²) in [6, 6.07) is 0.199. The number of nitrogens with two attached hydrogens (primary N) is 1. The average Bonchev–Trinajstić information content (AvgIpc) is 2.14. The molecule has 1 fully saturated rings.